The topological polar surface area (TPSA) is 35.5 Å². The Bertz CT molecular complexity index is 267. The molecule has 126 valence electrons. The van der Waals surface area contributed by atoms with Crippen LogP contribution in [0.1, 0.15) is 46.0 Å². The highest BCUT2D eigenvalue weighted by atomic mass is 19.3. The fraction of sp³-hybridized carbons (Fsp3) is 1.00. The van der Waals surface area contributed by atoms with Crippen molar-refractivity contribution in [1.82, 2.24) is 10.2 Å². The summed E-state index contributed by atoms with van der Waals surface area (Å²) in [7, 11) is 0. The van der Waals surface area contributed by atoms with Crippen molar-refractivity contribution in [2.24, 2.45) is 11.8 Å². The van der Waals surface area contributed by atoms with Gasteiger partial charge in [0.1, 0.15) is 0 Å². The number of hydrogen-bond donors (Lipinski definition) is 2. The first-order valence-electron chi connectivity index (χ1n) is 8.45. The Kier molecular flexibility index (Phi) is 9.36. The van der Waals surface area contributed by atoms with E-state index in [1.165, 1.54) is 19.3 Å². The Morgan fingerprint density at radius 1 is 1.29 bits per heavy atom. The van der Waals surface area contributed by atoms with Crippen LogP contribution >= 0.6 is 0 Å². The molecule has 1 aliphatic carbocycles. The van der Waals surface area contributed by atoms with Crippen LogP contribution in [0.2, 0.25) is 0 Å². The third kappa shape index (κ3) is 7.02. The minimum atomic E-state index is -2.33. The van der Waals surface area contributed by atoms with Crippen LogP contribution in [0.15, 0.2) is 0 Å². The van der Waals surface area contributed by atoms with Gasteiger partial charge in [0.25, 0.3) is 6.43 Å². The molecule has 0 heterocycles. The molecular weight excluding hydrogens is 274 g/mol. The van der Waals surface area contributed by atoms with Crippen LogP contribution in [-0.4, -0.2) is 55.3 Å². The van der Waals surface area contributed by atoms with Gasteiger partial charge in [0.05, 0.1) is 13.2 Å². The lowest BCUT2D eigenvalue weighted by Crippen LogP contribution is -2.47. The zero-order valence-corrected chi connectivity index (χ0v) is 13.5. The number of hydrogen-bond acceptors (Lipinski definition) is 3. The van der Waals surface area contributed by atoms with E-state index < -0.39 is 6.43 Å². The first-order chi connectivity index (χ1) is 10.1. The van der Waals surface area contributed by atoms with E-state index in [9.17, 15) is 8.78 Å². The largest absolute Gasteiger partial charge is 0.395 e. The smallest absolute Gasteiger partial charge is 0.251 e. The van der Waals surface area contributed by atoms with Gasteiger partial charge in [-0.3, -0.25) is 4.90 Å². The van der Waals surface area contributed by atoms with Crippen molar-refractivity contribution >= 4 is 0 Å². The van der Waals surface area contributed by atoms with E-state index >= 15 is 0 Å². The molecule has 0 bridgehead atoms. The zero-order valence-electron chi connectivity index (χ0n) is 13.5. The molecule has 3 unspecified atom stereocenters. The van der Waals surface area contributed by atoms with Gasteiger partial charge < -0.3 is 10.4 Å². The second-order valence-electron chi connectivity index (χ2n) is 6.27. The van der Waals surface area contributed by atoms with Crippen LogP contribution in [0.3, 0.4) is 0 Å². The summed E-state index contributed by atoms with van der Waals surface area (Å²) in [5.74, 6) is 1.15. The first kappa shape index (κ1) is 18.8. The van der Waals surface area contributed by atoms with Gasteiger partial charge in [0, 0.05) is 19.1 Å². The summed E-state index contributed by atoms with van der Waals surface area (Å²) in [5.41, 5.74) is 0. The van der Waals surface area contributed by atoms with Crippen molar-refractivity contribution in [1.29, 1.82) is 0 Å². The van der Waals surface area contributed by atoms with Gasteiger partial charge in [-0.15, -0.1) is 0 Å². The van der Waals surface area contributed by atoms with Crippen LogP contribution < -0.4 is 5.32 Å². The van der Waals surface area contributed by atoms with Gasteiger partial charge in [-0.25, -0.2) is 8.78 Å². The molecule has 3 atom stereocenters. The summed E-state index contributed by atoms with van der Waals surface area (Å²) >= 11 is 0. The third-order valence-electron chi connectivity index (χ3n) is 4.56. The SMILES string of the molecule is CCCC1CCC(NCC)C(CN(CCO)CC(F)F)C1. The molecular formula is C16H32F2N2O. The molecule has 1 aliphatic rings. The molecule has 0 aromatic heterocycles. The van der Waals surface area contributed by atoms with E-state index in [1.54, 1.807) is 4.90 Å². The Labute approximate surface area is 128 Å². The summed E-state index contributed by atoms with van der Waals surface area (Å²) in [4.78, 5) is 1.73. The van der Waals surface area contributed by atoms with Gasteiger partial charge in [-0.1, -0.05) is 26.7 Å². The Hall–Kier alpha value is -0.260. The van der Waals surface area contributed by atoms with Crippen molar-refractivity contribution in [3.8, 4) is 0 Å². The highest BCUT2D eigenvalue weighted by Crippen LogP contribution is 2.32. The molecule has 3 nitrogen and oxygen atoms in total. The van der Waals surface area contributed by atoms with Gasteiger partial charge in [0.2, 0.25) is 0 Å². The van der Waals surface area contributed by atoms with Crippen LogP contribution in [0.5, 0.6) is 0 Å². The monoisotopic (exact) mass is 306 g/mol. The van der Waals surface area contributed by atoms with E-state index in [0.29, 0.717) is 25.0 Å². The highest BCUT2D eigenvalue weighted by Gasteiger charge is 2.31. The molecule has 1 saturated carbocycles. The van der Waals surface area contributed by atoms with Crippen molar-refractivity contribution in [3.63, 3.8) is 0 Å². The van der Waals surface area contributed by atoms with Crippen LogP contribution in [0.25, 0.3) is 0 Å². The molecule has 0 amide bonds. The fourth-order valence-electron chi connectivity index (χ4n) is 3.69. The summed E-state index contributed by atoms with van der Waals surface area (Å²) in [6, 6.07) is 0.432. The van der Waals surface area contributed by atoms with E-state index in [-0.39, 0.29) is 13.2 Å². The van der Waals surface area contributed by atoms with Crippen molar-refractivity contribution in [2.75, 3.05) is 32.8 Å². The fourth-order valence-corrected chi connectivity index (χ4v) is 3.69. The predicted octanol–water partition coefficient (Wildman–Crippen LogP) is 2.74. The first-order valence-corrected chi connectivity index (χ1v) is 8.45. The molecule has 0 aromatic carbocycles. The average Bonchev–Trinajstić information content (AvgIpc) is 2.42. The molecule has 0 saturated heterocycles. The number of rotatable bonds is 10. The minimum Gasteiger partial charge on any atom is -0.395 e. The molecule has 0 spiro atoms. The molecule has 1 rings (SSSR count). The lowest BCUT2D eigenvalue weighted by Gasteiger charge is -2.39. The van der Waals surface area contributed by atoms with Crippen molar-refractivity contribution in [2.45, 2.75) is 58.4 Å². The summed E-state index contributed by atoms with van der Waals surface area (Å²) < 4.78 is 25.3. The van der Waals surface area contributed by atoms with Gasteiger partial charge >= 0.3 is 0 Å². The maximum absolute atomic E-state index is 12.7. The predicted molar refractivity (Wildman–Crippen MR) is 82.7 cm³/mol. The molecule has 0 aliphatic heterocycles. The highest BCUT2D eigenvalue weighted by molar-refractivity contribution is 4.86. The summed E-state index contributed by atoms with van der Waals surface area (Å²) in [5, 5.41) is 12.6. The number of nitrogens with zero attached hydrogens (tertiary/aromatic N) is 1. The normalized spacial score (nSPS) is 26.7. The molecule has 5 heteroatoms. The minimum absolute atomic E-state index is 0.0519. The van der Waals surface area contributed by atoms with Gasteiger partial charge in [-0.05, 0) is 37.6 Å². The van der Waals surface area contributed by atoms with Crippen molar-refractivity contribution in [3.05, 3.63) is 0 Å². The molecule has 1 fully saturated rings. The standard InChI is InChI=1S/C16H32F2N2O/c1-3-5-13-6-7-15(19-4-2)14(10-13)11-20(8-9-21)12-16(17)18/h13-16,19,21H,3-12H2,1-2H3. The van der Waals surface area contributed by atoms with E-state index in [4.69, 9.17) is 5.11 Å². The zero-order chi connectivity index (χ0) is 15.7. The summed E-state index contributed by atoms with van der Waals surface area (Å²) in [6.45, 7) is 5.97. The van der Waals surface area contributed by atoms with Crippen LogP contribution in [-0.2, 0) is 0 Å². The maximum atomic E-state index is 12.7. The molecule has 0 radical (unpaired) electrons. The third-order valence-corrected chi connectivity index (χ3v) is 4.56. The number of aliphatic hydroxyl groups excluding tert-OH is 1. The number of nitrogens with one attached hydrogen (secondary N) is 1. The Morgan fingerprint density at radius 3 is 2.62 bits per heavy atom. The Balaban J connectivity index is 2.61. The van der Waals surface area contributed by atoms with Crippen molar-refractivity contribution < 1.29 is 13.9 Å². The molecule has 0 aromatic rings. The second-order valence-corrected chi connectivity index (χ2v) is 6.27. The van der Waals surface area contributed by atoms with E-state index in [0.717, 1.165) is 25.3 Å². The summed E-state index contributed by atoms with van der Waals surface area (Å²) in [6.07, 6.45) is 3.62. The number of halogens is 2. The Morgan fingerprint density at radius 2 is 2.05 bits per heavy atom. The lowest BCUT2D eigenvalue weighted by atomic mass is 9.76. The number of aliphatic hydroxyl groups is 1. The average molecular weight is 306 g/mol. The quantitative estimate of drug-likeness (QED) is 0.651. The van der Waals surface area contributed by atoms with Gasteiger partial charge in [0.15, 0.2) is 0 Å². The number of alkyl halides is 2. The van der Waals surface area contributed by atoms with E-state index in [1.807, 2.05) is 0 Å². The van der Waals surface area contributed by atoms with E-state index in [2.05, 4.69) is 19.2 Å². The lowest BCUT2D eigenvalue weighted by molar-refractivity contribution is 0.0553. The van der Waals surface area contributed by atoms with Gasteiger partial charge in [-0.2, -0.15) is 0 Å². The van der Waals surface area contributed by atoms with Crippen LogP contribution in [0.4, 0.5) is 8.78 Å². The van der Waals surface area contributed by atoms with Crippen LogP contribution in [0, 0.1) is 11.8 Å². The molecule has 21 heavy (non-hydrogen) atoms. The maximum Gasteiger partial charge on any atom is 0.251 e. The molecule has 2 N–H and O–H groups in total. The second kappa shape index (κ2) is 10.5.